The lowest BCUT2D eigenvalue weighted by atomic mass is 10.2. The molecule has 21 heavy (non-hydrogen) atoms. The van der Waals surface area contributed by atoms with E-state index in [4.69, 9.17) is 0 Å². The Morgan fingerprint density at radius 2 is 1.76 bits per heavy atom. The van der Waals surface area contributed by atoms with Crippen LogP contribution in [0, 0.1) is 5.82 Å². The summed E-state index contributed by atoms with van der Waals surface area (Å²) in [5, 5.41) is 0. The van der Waals surface area contributed by atoms with E-state index in [1.165, 1.54) is 10.9 Å². The smallest absolute Gasteiger partial charge is 0.403 e. The largest absolute Gasteiger partial charge is 0.573 e. The third kappa shape index (κ3) is 2.54. The highest BCUT2D eigenvalue weighted by atomic mass is 19.4. The lowest BCUT2D eigenvalue weighted by molar-refractivity contribution is -0.274. The maximum atomic E-state index is 14.0. The summed E-state index contributed by atoms with van der Waals surface area (Å²) in [6.45, 7) is 0. The average Bonchev–Trinajstić information content (AvgIpc) is 2.81. The molecule has 0 bridgehead atoms. The molecule has 0 radical (unpaired) electrons. The quantitative estimate of drug-likeness (QED) is 0.667. The number of alkyl halides is 3. The summed E-state index contributed by atoms with van der Waals surface area (Å²) in [7, 11) is 0. The molecule has 3 aromatic rings. The van der Waals surface area contributed by atoms with Crippen molar-refractivity contribution in [3.05, 3.63) is 54.6 Å². The van der Waals surface area contributed by atoms with Crippen LogP contribution < -0.4 is 4.74 Å². The lowest BCUT2D eigenvalue weighted by Crippen LogP contribution is -2.18. The first-order chi connectivity index (χ1) is 9.96. The molecule has 0 aliphatic heterocycles. The van der Waals surface area contributed by atoms with Gasteiger partial charge in [-0.1, -0.05) is 18.2 Å². The van der Waals surface area contributed by atoms with Crippen LogP contribution in [0.15, 0.2) is 48.8 Å². The lowest BCUT2D eigenvalue weighted by Gasteiger charge is -2.14. The van der Waals surface area contributed by atoms with Crippen LogP contribution in [-0.4, -0.2) is 15.9 Å². The van der Waals surface area contributed by atoms with Crippen LogP contribution in [0.3, 0.4) is 0 Å². The Balaban J connectivity index is 2.22. The molecule has 0 spiro atoms. The van der Waals surface area contributed by atoms with Gasteiger partial charge in [-0.3, -0.25) is 4.57 Å². The van der Waals surface area contributed by atoms with E-state index < -0.39 is 17.9 Å². The average molecular weight is 296 g/mol. The van der Waals surface area contributed by atoms with Gasteiger partial charge in [0.25, 0.3) is 0 Å². The molecule has 0 amide bonds. The van der Waals surface area contributed by atoms with Crippen molar-refractivity contribution in [2.75, 3.05) is 0 Å². The van der Waals surface area contributed by atoms with E-state index in [2.05, 4.69) is 9.72 Å². The van der Waals surface area contributed by atoms with Crippen LogP contribution in [-0.2, 0) is 0 Å². The number of rotatable bonds is 2. The fourth-order valence-corrected chi connectivity index (χ4v) is 2.07. The standard InChI is InChI=1S/C14H8F4N2O/c15-9-4-3-7-12(21-14(16,17)18)13(9)20-8-19-10-5-1-2-6-11(10)20/h1-8H. The molecule has 0 N–H and O–H groups in total. The Hall–Kier alpha value is -2.57. The first kappa shape index (κ1) is 13.4. The molecule has 0 saturated carbocycles. The molecule has 0 unspecified atom stereocenters. The van der Waals surface area contributed by atoms with Gasteiger partial charge in [-0.05, 0) is 24.3 Å². The number of para-hydroxylation sites is 3. The summed E-state index contributed by atoms with van der Waals surface area (Å²) in [5.41, 5.74) is 0.692. The molecule has 3 rings (SSSR count). The zero-order valence-electron chi connectivity index (χ0n) is 10.4. The summed E-state index contributed by atoms with van der Waals surface area (Å²) in [5.74, 6) is -1.45. The monoisotopic (exact) mass is 296 g/mol. The van der Waals surface area contributed by atoms with Crippen LogP contribution >= 0.6 is 0 Å². The number of ether oxygens (including phenoxy) is 1. The van der Waals surface area contributed by atoms with Crippen LogP contribution in [0.1, 0.15) is 0 Å². The van der Waals surface area contributed by atoms with Gasteiger partial charge in [0.1, 0.15) is 12.0 Å². The predicted octanol–water partition coefficient (Wildman–Crippen LogP) is 4.06. The number of fused-ring (bicyclic) bond motifs is 1. The molecule has 108 valence electrons. The van der Waals surface area contributed by atoms with Gasteiger partial charge in [-0.2, -0.15) is 0 Å². The molecular formula is C14H8F4N2O. The molecule has 1 heterocycles. The van der Waals surface area contributed by atoms with Gasteiger partial charge in [-0.15, -0.1) is 13.2 Å². The summed E-state index contributed by atoms with van der Waals surface area (Å²) >= 11 is 0. The van der Waals surface area contributed by atoms with E-state index in [-0.39, 0.29) is 5.69 Å². The topological polar surface area (TPSA) is 27.1 Å². The number of hydrogen-bond acceptors (Lipinski definition) is 2. The Morgan fingerprint density at radius 1 is 1.00 bits per heavy atom. The Kier molecular flexibility index (Phi) is 3.04. The minimum atomic E-state index is -4.90. The van der Waals surface area contributed by atoms with Crippen LogP contribution in [0.5, 0.6) is 5.75 Å². The maximum absolute atomic E-state index is 14.0. The molecule has 0 aliphatic carbocycles. The molecule has 0 fully saturated rings. The molecule has 7 heteroatoms. The van der Waals surface area contributed by atoms with E-state index in [0.29, 0.717) is 11.0 Å². The highest BCUT2D eigenvalue weighted by Crippen LogP contribution is 2.32. The second-order valence-electron chi connectivity index (χ2n) is 4.24. The zero-order chi connectivity index (χ0) is 15.0. The van der Waals surface area contributed by atoms with Gasteiger partial charge in [0.15, 0.2) is 11.6 Å². The maximum Gasteiger partial charge on any atom is 0.573 e. The molecule has 0 saturated heterocycles. The summed E-state index contributed by atoms with van der Waals surface area (Å²) in [4.78, 5) is 4.03. The van der Waals surface area contributed by atoms with Crippen molar-refractivity contribution in [2.45, 2.75) is 6.36 Å². The van der Waals surface area contributed by atoms with Gasteiger partial charge in [0.05, 0.1) is 11.0 Å². The van der Waals surface area contributed by atoms with E-state index in [0.717, 1.165) is 18.2 Å². The van der Waals surface area contributed by atoms with Crippen molar-refractivity contribution in [3.8, 4) is 11.4 Å². The molecule has 0 aliphatic rings. The van der Waals surface area contributed by atoms with Crippen molar-refractivity contribution in [1.29, 1.82) is 0 Å². The van der Waals surface area contributed by atoms with E-state index >= 15 is 0 Å². The van der Waals surface area contributed by atoms with Gasteiger partial charge in [-0.25, -0.2) is 9.37 Å². The third-order valence-corrected chi connectivity index (χ3v) is 2.87. The molecule has 2 aromatic carbocycles. The van der Waals surface area contributed by atoms with Gasteiger partial charge in [0, 0.05) is 0 Å². The Bertz CT molecular complexity index is 795. The zero-order valence-corrected chi connectivity index (χ0v) is 10.4. The van der Waals surface area contributed by atoms with Crippen molar-refractivity contribution in [1.82, 2.24) is 9.55 Å². The van der Waals surface area contributed by atoms with Gasteiger partial charge >= 0.3 is 6.36 Å². The Morgan fingerprint density at radius 3 is 2.52 bits per heavy atom. The summed E-state index contributed by atoms with van der Waals surface area (Å²) in [6.07, 6.45) is -3.65. The fraction of sp³-hybridized carbons (Fsp3) is 0.0714. The molecule has 3 nitrogen and oxygen atoms in total. The van der Waals surface area contributed by atoms with Crippen LogP contribution in [0.4, 0.5) is 17.6 Å². The number of nitrogens with zero attached hydrogens (tertiary/aromatic N) is 2. The number of imidazole rings is 1. The molecular weight excluding hydrogens is 288 g/mol. The first-order valence-electron chi connectivity index (χ1n) is 5.92. The van der Waals surface area contributed by atoms with E-state index in [1.54, 1.807) is 24.3 Å². The number of benzene rings is 2. The van der Waals surface area contributed by atoms with Crippen LogP contribution in [0.2, 0.25) is 0 Å². The van der Waals surface area contributed by atoms with Gasteiger partial charge < -0.3 is 4.74 Å². The fourth-order valence-electron chi connectivity index (χ4n) is 2.07. The number of aromatic nitrogens is 2. The second-order valence-corrected chi connectivity index (χ2v) is 4.24. The minimum absolute atomic E-state index is 0.330. The van der Waals surface area contributed by atoms with Crippen LogP contribution in [0.25, 0.3) is 16.7 Å². The highest BCUT2D eigenvalue weighted by Gasteiger charge is 2.33. The normalized spacial score (nSPS) is 11.8. The van der Waals surface area contributed by atoms with Crippen molar-refractivity contribution < 1.29 is 22.3 Å². The number of hydrogen-bond donors (Lipinski definition) is 0. The SMILES string of the molecule is Fc1cccc(OC(F)(F)F)c1-n1cnc2ccccc21. The van der Waals surface area contributed by atoms with Gasteiger partial charge in [0.2, 0.25) is 0 Å². The second kappa shape index (κ2) is 4.76. The highest BCUT2D eigenvalue weighted by molar-refractivity contribution is 5.78. The summed E-state index contributed by atoms with van der Waals surface area (Å²) in [6, 6.07) is 10.00. The van der Waals surface area contributed by atoms with Crippen molar-refractivity contribution in [2.24, 2.45) is 0 Å². The molecule has 1 aromatic heterocycles. The number of halogens is 4. The molecule has 0 atom stereocenters. The minimum Gasteiger partial charge on any atom is -0.403 e. The van der Waals surface area contributed by atoms with Crippen molar-refractivity contribution >= 4 is 11.0 Å². The summed E-state index contributed by atoms with van der Waals surface area (Å²) < 4.78 is 56.5. The Labute approximate surface area is 116 Å². The predicted molar refractivity (Wildman–Crippen MR) is 67.7 cm³/mol. The van der Waals surface area contributed by atoms with E-state index in [9.17, 15) is 17.6 Å². The van der Waals surface area contributed by atoms with Crippen molar-refractivity contribution in [3.63, 3.8) is 0 Å². The third-order valence-electron chi connectivity index (χ3n) is 2.87. The van der Waals surface area contributed by atoms with E-state index in [1.807, 2.05) is 0 Å². The first-order valence-corrected chi connectivity index (χ1v) is 5.92.